The van der Waals surface area contributed by atoms with Crippen LogP contribution in [0.1, 0.15) is 9.80 Å². The molecule has 1 amide bonds. The minimum absolute atomic E-state index is 0.0840. The van der Waals surface area contributed by atoms with Gasteiger partial charge in [-0.15, -0.1) is 15.3 Å². The molecule has 0 radical (unpaired) electrons. The van der Waals surface area contributed by atoms with Crippen molar-refractivity contribution in [2.24, 2.45) is 0 Å². The number of benzene rings is 1. The molecule has 3 aromatic rings. The number of anilines is 1. The predicted octanol–water partition coefficient (Wildman–Crippen LogP) is 1.29. The van der Waals surface area contributed by atoms with Crippen LogP contribution >= 0.6 is 11.3 Å². The largest absolute Gasteiger partial charge is 0.368 e. The Morgan fingerprint density at radius 1 is 1.13 bits per heavy atom. The van der Waals surface area contributed by atoms with Crippen LogP contribution in [0.25, 0.3) is 4.96 Å². The molecule has 2 aromatic heterocycles. The monoisotopic (exact) mass is 332 g/mol. The molecule has 118 valence electrons. The van der Waals surface area contributed by atoms with E-state index in [0.29, 0.717) is 36.1 Å². The Morgan fingerprint density at radius 3 is 2.57 bits per heavy atom. The number of halogens is 1. The number of rotatable bonds is 2. The molecule has 0 N–H and O–H groups in total. The van der Waals surface area contributed by atoms with Crippen LogP contribution in [-0.2, 0) is 0 Å². The maximum Gasteiger partial charge on any atom is 0.284 e. The molecule has 0 spiro atoms. The zero-order valence-corrected chi connectivity index (χ0v) is 12.9. The molecular formula is C14H13FN6OS. The SMILES string of the molecule is O=C(c1nn2cnnc2s1)N1CCN(c2ccc(F)cc2)CC1. The van der Waals surface area contributed by atoms with E-state index in [9.17, 15) is 9.18 Å². The van der Waals surface area contributed by atoms with Gasteiger partial charge in [0.1, 0.15) is 12.1 Å². The molecule has 0 atom stereocenters. The van der Waals surface area contributed by atoms with Gasteiger partial charge in [-0.25, -0.2) is 4.39 Å². The van der Waals surface area contributed by atoms with Crippen molar-refractivity contribution in [2.75, 3.05) is 31.1 Å². The van der Waals surface area contributed by atoms with E-state index < -0.39 is 0 Å². The van der Waals surface area contributed by atoms with Gasteiger partial charge in [-0.3, -0.25) is 4.79 Å². The first-order chi connectivity index (χ1) is 11.2. The number of fused-ring (bicyclic) bond motifs is 1. The molecule has 0 aliphatic carbocycles. The summed E-state index contributed by atoms with van der Waals surface area (Å²) in [5, 5.41) is 12.2. The van der Waals surface area contributed by atoms with Crippen LogP contribution in [-0.4, -0.2) is 56.8 Å². The third-order valence-electron chi connectivity index (χ3n) is 3.83. The maximum absolute atomic E-state index is 13.0. The number of amides is 1. The first-order valence-corrected chi connectivity index (χ1v) is 7.99. The quantitative estimate of drug-likeness (QED) is 0.707. The van der Waals surface area contributed by atoms with Crippen LogP contribution in [0.4, 0.5) is 10.1 Å². The molecule has 1 saturated heterocycles. The third kappa shape index (κ3) is 2.63. The first-order valence-electron chi connectivity index (χ1n) is 7.17. The lowest BCUT2D eigenvalue weighted by Gasteiger charge is -2.35. The average Bonchev–Trinajstić information content (AvgIpc) is 3.17. The van der Waals surface area contributed by atoms with Gasteiger partial charge in [0.25, 0.3) is 5.91 Å². The van der Waals surface area contributed by atoms with Crippen LogP contribution in [0.3, 0.4) is 0 Å². The fourth-order valence-electron chi connectivity index (χ4n) is 2.60. The Hall–Kier alpha value is -2.55. The highest BCUT2D eigenvalue weighted by Gasteiger charge is 2.25. The summed E-state index contributed by atoms with van der Waals surface area (Å²) in [4.78, 5) is 17.0. The summed E-state index contributed by atoms with van der Waals surface area (Å²) < 4.78 is 14.5. The Kier molecular flexibility index (Phi) is 3.41. The molecule has 7 nitrogen and oxygen atoms in total. The Morgan fingerprint density at radius 2 is 1.87 bits per heavy atom. The minimum atomic E-state index is -0.245. The third-order valence-corrected chi connectivity index (χ3v) is 4.73. The van der Waals surface area contributed by atoms with Crippen molar-refractivity contribution in [1.82, 2.24) is 24.7 Å². The summed E-state index contributed by atoms with van der Waals surface area (Å²) in [6.07, 6.45) is 1.48. The Bertz CT molecular complexity index is 808. The Labute approximate surface area is 135 Å². The van der Waals surface area contributed by atoms with Gasteiger partial charge in [-0.1, -0.05) is 11.3 Å². The molecule has 1 aliphatic heterocycles. The normalized spacial score (nSPS) is 15.3. The highest BCUT2D eigenvalue weighted by atomic mass is 32.1. The van der Waals surface area contributed by atoms with Gasteiger partial charge >= 0.3 is 0 Å². The molecule has 0 bridgehead atoms. The summed E-state index contributed by atoms with van der Waals surface area (Å²) in [7, 11) is 0. The van der Waals surface area contributed by atoms with Crippen LogP contribution in [0, 0.1) is 5.82 Å². The average molecular weight is 332 g/mol. The topological polar surface area (TPSA) is 66.6 Å². The summed E-state index contributed by atoms with van der Waals surface area (Å²) >= 11 is 1.24. The molecule has 1 aliphatic rings. The van der Waals surface area contributed by atoms with Crippen LogP contribution in [0.15, 0.2) is 30.6 Å². The van der Waals surface area contributed by atoms with Crippen molar-refractivity contribution in [2.45, 2.75) is 0 Å². The van der Waals surface area contributed by atoms with Gasteiger partial charge in [-0.05, 0) is 24.3 Å². The maximum atomic E-state index is 13.0. The zero-order valence-electron chi connectivity index (χ0n) is 12.1. The second-order valence-electron chi connectivity index (χ2n) is 5.22. The smallest absolute Gasteiger partial charge is 0.284 e. The van der Waals surface area contributed by atoms with Crippen LogP contribution in [0.5, 0.6) is 0 Å². The van der Waals surface area contributed by atoms with Gasteiger partial charge in [-0.2, -0.15) is 4.52 Å². The molecular weight excluding hydrogens is 319 g/mol. The Balaban J connectivity index is 1.43. The first kappa shape index (κ1) is 14.1. The number of hydrogen-bond donors (Lipinski definition) is 0. The van der Waals surface area contributed by atoms with Gasteiger partial charge in [0.15, 0.2) is 0 Å². The van der Waals surface area contributed by atoms with E-state index in [4.69, 9.17) is 0 Å². The standard InChI is InChI=1S/C14H13FN6OS/c15-10-1-3-11(4-2-10)19-5-7-20(8-6-19)13(22)12-18-21-9-16-17-14(21)23-12/h1-4,9H,5-8H2. The van der Waals surface area contributed by atoms with E-state index in [2.05, 4.69) is 20.2 Å². The van der Waals surface area contributed by atoms with E-state index in [0.717, 1.165) is 5.69 Å². The second-order valence-corrected chi connectivity index (χ2v) is 6.18. The highest BCUT2D eigenvalue weighted by molar-refractivity contribution is 7.18. The second kappa shape index (κ2) is 5.58. The molecule has 1 fully saturated rings. The minimum Gasteiger partial charge on any atom is -0.368 e. The van der Waals surface area contributed by atoms with E-state index in [1.54, 1.807) is 17.0 Å². The number of aromatic nitrogens is 4. The summed E-state index contributed by atoms with van der Waals surface area (Å²) in [5.41, 5.74) is 0.970. The van der Waals surface area contributed by atoms with Crippen LogP contribution in [0.2, 0.25) is 0 Å². The van der Waals surface area contributed by atoms with Crippen LogP contribution < -0.4 is 4.90 Å². The van der Waals surface area contributed by atoms with E-state index in [1.165, 1.54) is 34.3 Å². The van der Waals surface area contributed by atoms with Crippen molar-refractivity contribution in [3.05, 3.63) is 41.4 Å². The number of piperazine rings is 1. The molecule has 4 rings (SSSR count). The summed E-state index contributed by atoms with van der Waals surface area (Å²) in [5.74, 6) is -0.329. The molecule has 3 heterocycles. The van der Waals surface area contributed by atoms with E-state index in [1.807, 2.05) is 0 Å². The molecule has 23 heavy (non-hydrogen) atoms. The summed E-state index contributed by atoms with van der Waals surface area (Å²) in [6, 6.07) is 6.42. The number of carbonyl (C=O) groups is 1. The molecule has 1 aromatic carbocycles. The molecule has 0 saturated carbocycles. The van der Waals surface area contributed by atoms with E-state index >= 15 is 0 Å². The lowest BCUT2D eigenvalue weighted by atomic mass is 10.2. The number of hydrogen-bond acceptors (Lipinski definition) is 6. The lowest BCUT2D eigenvalue weighted by molar-refractivity contribution is 0.0745. The fourth-order valence-corrected chi connectivity index (χ4v) is 3.39. The number of carbonyl (C=O) groups excluding carboxylic acids is 1. The van der Waals surface area contributed by atoms with Crippen molar-refractivity contribution in [1.29, 1.82) is 0 Å². The van der Waals surface area contributed by atoms with Crippen molar-refractivity contribution < 1.29 is 9.18 Å². The lowest BCUT2D eigenvalue weighted by Crippen LogP contribution is -2.48. The number of nitrogens with zero attached hydrogens (tertiary/aromatic N) is 6. The molecule has 0 unspecified atom stereocenters. The van der Waals surface area contributed by atoms with Crippen molar-refractivity contribution in [3.63, 3.8) is 0 Å². The van der Waals surface area contributed by atoms with Crippen molar-refractivity contribution in [3.8, 4) is 0 Å². The van der Waals surface area contributed by atoms with Gasteiger partial charge in [0.2, 0.25) is 9.97 Å². The van der Waals surface area contributed by atoms with Gasteiger partial charge < -0.3 is 9.80 Å². The van der Waals surface area contributed by atoms with Crippen molar-refractivity contribution >= 4 is 27.9 Å². The van der Waals surface area contributed by atoms with E-state index in [-0.39, 0.29) is 11.7 Å². The fraction of sp³-hybridized carbons (Fsp3) is 0.286. The predicted molar refractivity (Wildman–Crippen MR) is 83.2 cm³/mol. The van der Waals surface area contributed by atoms with Gasteiger partial charge in [0, 0.05) is 31.9 Å². The zero-order chi connectivity index (χ0) is 15.8. The van der Waals surface area contributed by atoms with Gasteiger partial charge in [0.05, 0.1) is 0 Å². The summed E-state index contributed by atoms with van der Waals surface area (Å²) in [6.45, 7) is 2.63. The molecule has 9 heteroatoms. The highest BCUT2D eigenvalue weighted by Crippen LogP contribution is 2.19.